The number of nitrogens with one attached hydrogen (secondary N) is 2. The molecule has 0 aromatic carbocycles. The molecule has 2 N–H and O–H groups in total. The maximum absolute atomic E-state index is 13.4. The van der Waals surface area contributed by atoms with Gasteiger partial charge in [-0.15, -0.1) is 11.3 Å². The van der Waals surface area contributed by atoms with Crippen LogP contribution >= 0.6 is 11.3 Å². The van der Waals surface area contributed by atoms with E-state index >= 15 is 0 Å². The van der Waals surface area contributed by atoms with Crippen molar-refractivity contribution in [2.45, 2.75) is 50.8 Å². The largest absolute Gasteiger partial charge is 0.453 e. The van der Waals surface area contributed by atoms with Gasteiger partial charge in [-0.1, -0.05) is 0 Å². The lowest BCUT2D eigenvalue weighted by molar-refractivity contribution is -0.148. The van der Waals surface area contributed by atoms with Crippen molar-refractivity contribution < 1.29 is 19.1 Å². The van der Waals surface area contributed by atoms with Gasteiger partial charge in [0.1, 0.15) is 12.4 Å². The molecule has 1 aliphatic carbocycles. The number of hydrogen-bond acceptors (Lipinski definition) is 8. The van der Waals surface area contributed by atoms with Crippen molar-refractivity contribution in [2.75, 3.05) is 33.4 Å². The Kier molecular flexibility index (Phi) is 7.89. The van der Waals surface area contributed by atoms with Crippen molar-refractivity contribution in [3.63, 3.8) is 0 Å². The summed E-state index contributed by atoms with van der Waals surface area (Å²) in [6.07, 6.45) is 7.92. The number of morpholine rings is 1. The van der Waals surface area contributed by atoms with Crippen LogP contribution in [0.5, 0.6) is 0 Å². The number of nitrogens with zero attached hydrogens (tertiary/aromatic N) is 3. The smallest absolute Gasteiger partial charge is 0.406 e. The molecule has 10 heteroatoms. The normalized spacial score (nSPS) is 19.0. The number of aryl methyl sites for hydroxylation is 1. The highest BCUT2D eigenvalue weighted by Crippen LogP contribution is 2.41. The van der Waals surface area contributed by atoms with Gasteiger partial charge in [0.05, 0.1) is 19.8 Å². The molecular formula is C23H31N5O4S. The van der Waals surface area contributed by atoms with Gasteiger partial charge in [0.2, 0.25) is 0 Å². The molecule has 3 heterocycles. The molecule has 33 heavy (non-hydrogen) atoms. The van der Waals surface area contributed by atoms with Crippen LogP contribution in [0, 0.1) is 0 Å². The first-order chi connectivity index (χ1) is 16.1. The average molecular weight is 474 g/mol. The number of ether oxygens (including phenoxy) is 2. The highest BCUT2D eigenvalue weighted by atomic mass is 32.1. The monoisotopic (exact) mass is 473 g/mol. The van der Waals surface area contributed by atoms with Crippen LogP contribution in [-0.4, -0.2) is 72.4 Å². The number of thiophene rings is 1. The van der Waals surface area contributed by atoms with Crippen LogP contribution in [0.1, 0.15) is 42.7 Å². The Morgan fingerprint density at radius 3 is 2.82 bits per heavy atom. The first kappa shape index (κ1) is 23.6. The Hall–Kier alpha value is -2.56. The minimum atomic E-state index is -0.427. The van der Waals surface area contributed by atoms with E-state index in [2.05, 4.69) is 38.3 Å². The Morgan fingerprint density at radius 2 is 2.15 bits per heavy atom. The van der Waals surface area contributed by atoms with Crippen LogP contribution in [0.2, 0.25) is 0 Å². The summed E-state index contributed by atoms with van der Waals surface area (Å²) in [5, 5.41) is 5.99. The second kappa shape index (κ2) is 11.0. The lowest BCUT2D eigenvalue weighted by atomic mass is 10.1. The van der Waals surface area contributed by atoms with E-state index in [-0.39, 0.29) is 18.0 Å². The Labute approximate surface area is 197 Å². The average Bonchev–Trinajstić information content (AvgIpc) is 3.60. The van der Waals surface area contributed by atoms with Gasteiger partial charge < -0.3 is 25.0 Å². The zero-order chi connectivity index (χ0) is 23.2. The fourth-order valence-corrected chi connectivity index (χ4v) is 5.35. The zero-order valence-corrected chi connectivity index (χ0v) is 19.9. The number of carbonyl (C=O) groups excluding carboxylic acids is 2. The van der Waals surface area contributed by atoms with Crippen molar-refractivity contribution in [2.24, 2.45) is 0 Å². The number of carbonyl (C=O) groups is 2. The second-order valence-corrected chi connectivity index (χ2v) is 9.45. The molecule has 2 aromatic rings. The van der Waals surface area contributed by atoms with E-state index in [1.165, 1.54) is 19.0 Å². The molecular weight excluding hydrogens is 442 g/mol. The SMILES string of the molecule is COC(=O)NCCCc1cc([C@@H](C)N(C(=O)[C@H]2CNCCO2)C2CC2)sc1-c1cncnc1. The number of alkyl carbamates (subject to hydrolysis) is 1. The Bertz CT molecular complexity index is 944. The molecule has 0 spiro atoms. The molecule has 0 bridgehead atoms. The summed E-state index contributed by atoms with van der Waals surface area (Å²) in [6.45, 7) is 4.53. The van der Waals surface area contributed by atoms with Crippen LogP contribution < -0.4 is 10.6 Å². The summed E-state index contributed by atoms with van der Waals surface area (Å²) in [6, 6.07) is 2.42. The third kappa shape index (κ3) is 5.87. The minimum Gasteiger partial charge on any atom is -0.453 e. The van der Waals surface area contributed by atoms with Gasteiger partial charge >= 0.3 is 6.09 Å². The topological polar surface area (TPSA) is 106 Å². The summed E-state index contributed by atoms with van der Waals surface area (Å²) >= 11 is 1.68. The molecule has 1 saturated heterocycles. The van der Waals surface area contributed by atoms with Crippen LogP contribution in [-0.2, 0) is 20.7 Å². The van der Waals surface area contributed by atoms with Gasteiger partial charge in [0.15, 0.2) is 0 Å². The fourth-order valence-electron chi connectivity index (χ4n) is 4.11. The van der Waals surface area contributed by atoms with E-state index in [0.29, 0.717) is 19.7 Å². The van der Waals surface area contributed by atoms with Gasteiger partial charge in [-0.3, -0.25) is 4.79 Å². The van der Waals surface area contributed by atoms with Crippen LogP contribution in [0.3, 0.4) is 0 Å². The van der Waals surface area contributed by atoms with Crippen LogP contribution in [0.25, 0.3) is 10.4 Å². The first-order valence-corrected chi connectivity index (χ1v) is 12.2. The molecule has 4 rings (SSSR count). The van der Waals surface area contributed by atoms with Gasteiger partial charge in [0.25, 0.3) is 5.91 Å². The second-order valence-electron chi connectivity index (χ2n) is 8.37. The third-order valence-electron chi connectivity index (χ3n) is 5.96. The first-order valence-electron chi connectivity index (χ1n) is 11.4. The summed E-state index contributed by atoms with van der Waals surface area (Å²) in [4.78, 5) is 37.3. The van der Waals surface area contributed by atoms with Crippen LogP contribution in [0.15, 0.2) is 24.8 Å². The maximum atomic E-state index is 13.4. The molecule has 1 aliphatic heterocycles. The van der Waals surface area contributed by atoms with Gasteiger partial charge in [-0.25, -0.2) is 14.8 Å². The molecule has 9 nitrogen and oxygen atoms in total. The van der Waals surface area contributed by atoms with E-state index in [9.17, 15) is 9.59 Å². The van der Waals surface area contributed by atoms with E-state index in [0.717, 1.165) is 47.5 Å². The fraction of sp³-hybridized carbons (Fsp3) is 0.565. The number of methoxy groups -OCH3 is 1. The maximum Gasteiger partial charge on any atom is 0.406 e. The molecule has 2 aromatic heterocycles. The molecule has 2 aliphatic rings. The summed E-state index contributed by atoms with van der Waals surface area (Å²) in [7, 11) is 1.36. The van der Waals surface area contributed by atoms with E-state index < -0.39 is 12.2 Å². The van der Waals surface area contributed by atoms with Crippen molar-refractivity contribution in [1.29, 1.82) is 0 Å². The van der Waals surface area contributed by atoms with Crippen molar-refractivity contribution in [1.82, 2.24) is 25.5 Å². The Morgan fingerprint density at radius 1 is 1.36 bits per heavy atom. The quantitative estimate of drug-likeness (QED) is 0.539. The Balaban J connectivity index is 1.54. The molecule has 2 amide bonds. The number of rotatable bonds is 9. The van der Waals surface area contributed by atoms with E-state index in [1.54, 1.807) is 11.3 Å². The summed E-state index contributed by atoms with van der Waals surface area (Å²) in [5.41, 5.74) is 2.13. The molecule has 2 fully saturated rings. The van der Waals surface area contributed by atoms with Gasteiger partial charge in [0, 0.05) is 53.4 Å². The molecule has 0 unspecified atom stereocenters. The highest BCUT2D eigenvalue weighted by Gasteiger charge is 2.40. The molecule has 1 saturated carbocycles. The van der Waals surface area contributed by atoms with E-state index in [1.807, 2.05) is 17.3 Å². The zero-order valence-electron chi connectivity index (χ0n) is 19.1. The van der Waals surface area contributed by atoms with Gasteiger partial charge in [-0.05, 0) is 44.2 Å². The highest BCUT2D eigenvalue weighted by molar-refractivity contribution is 7.15. The van der Waals surface area contributed by atoms with Crippen molar-refractivity contribution in [3.05, 3.63) is 35.2 Å². The lowest BCUT2D eigenvalue weighted by Gasteiger charge is -2.33. The van der Waals surface area contributed by atoms with Crippen molar-refractivity contribution >= 4 is 23.3 Å². The van der Waals surface area contributed by atoms with E-state index in [4.69, 9.17) is 4.74 Å². The lowest BCUT2D eigenvalue weighted by Crippen LogP contribution is -2.50. The van der Waals surface area contributed by atoms with Crippen molar-refractivity contribution in [3.8, 4) is 10.4 Å². The number of aromatic nitrogens is 2. The predicted octanol–water partition coefficient (Wildman–Crippen LogP) is 2.53. The number of amides is 2. The molecule has 0 radical (unpaired) electrons. The molecule has 2 atom stereocenters. The van der Waals surface area contributed by atoms with Crippen LogP contribution in [0.4, 0.5) is 4.79 Å². The third-order valence-corrected chi connectivity index (χ3v) is 7.35. The summed E-state index contributed by atoms with van der Waals surface area (Å²) in [5.74, 6) is 0.0685. The predicted molar refractivity (Wildman–Crippen MR) is 125 cm³/mol. The van der Waals surface area contributed by atoms with Gasteiger partial charge in [-0.2, -0.15) is 0 Å². The minimum absolute atomic E-state index is 0.0501. The standard InChI is InChI=1S/C23H31N5O4S/c1-15(28(18-5-6-18)22(29)19-13-24-8-9-32-19)20-10-16(4-3-7-27-23(30)31-2)21(33-20)17-11-25-14-26-12-17/h10-12,14-15,18-19,24H,3-9,13H2,1-2H3,(H,27,30)/t15-,19-/m1/s1. The molecule has 178 valence electrons. The summed E-state index contributed by atoms with van der Waals surface area (Å²) < 4.78 is 10.4. The number of hydrogen-bond donors (Lipinski definition) is 2.